The Morgan fingerprint density at radius 1 is 1.56 bits per heavy atom. The minimum Gasteiger partial charge on any atom is -0.390 e. The number of hydrogen-bond donors (Lipinski definition) is 1. The maximum Gasteiger partial charge on any atom is 0.134 e. The van der Waals surface area contributed by atoms with Crippen molar-refractivity contribution in [3.05, 3.63) is 0 Å². The van der Waals surface area contributed by atoms with E-state index >= 15 is 0 Å². The normalized spacial score (nSPS) is 45.0. The molecule has 0 aromatic rings. The molecule has 0 aromatic carbocycles. The summed E-state index contributed by atoms with van der Waals surface area (Å²) in [5.41, 5.74) is -1.31. The van der Waals surface area contributed by atoms with Crippen LogP contribution in [0.1, 0.15) is 32.6 Å². The molecular formula is C7H13FO. The lowest BCUT2D eigenvalue weighted by atomic mass is 9.85. The van der Waals surface area contributed by atoms with Gasteiger partial charge < -0.3 is 5.11 Å². The zero-order valence-electron chi connectivity index (χ0n) is 5.73. The van der Waals surface area contributed by atoms with E-state index in [1.165, 1.54) is 6.92 Å². The van der Waals surface area contributed by atoms with E-state index in [1.54, 1.807) is 0 Å². The molecule has 1 aliphatic carbocycles. The van der Waals surface area contributed by atoms with Gasteiger partial charge in [-0.2, -0.15) is 0 Å². The summed E-state index contributed by atoms with van der Waals surface area (Å²) < 4.78 is 13.0. The average molecular weight is 132 g/mol. The molecule has 0 radical (unpaired) electrons. The summed E-state index contributed by atoms with van der Waals surface area (Å²) in [7, 11) is 0. The van der Waals surface area contributed by atoms with Crippen molar-refractivity contribution in [2.45, 2.75) is 44.4 Å². The van der Waals surface area contributed by atoms with Crippen molar-refractivity contribution in [2.75, 3.05) is 0 Å². The van der Waals surface area contributed by atoms with Crippen molar-refractivity contribution < 1.29 is 9.50 Å². The van der Waals surface area contributed by atoms with Gasteiger partial charge in [-0.05, 0) is 19.8 Å². The van der Waals surface area contributed by atoms with Crippen LogP contribution in [0.15, 0.2) is 0 Å². The first-order valence-electron chi connectivity index (χ1n) is 3.50. The molecule has 1 unspecified atom stereocenters. The third kappa shape index (κ3) is 1.42. The molecule has 2 heteroatoms. The summed E-state index contributed by atoms with van der Waals surface area (Å²) in [5, 5.41) is 9.06. The first-order chi connectivity index (χ1) is 4.13. The van der Waals surface area contributed by atoms with E-state index < -0.39 is 11.8 Å². The van der Waals surface area contributed by atoms with Gasteiger partial charge in [-0.3, -0.25) is 0 Å². The number of halogens is 1. The highest BCUT2D eigenvalue weighted by molar-refractivity contribution is 4.85. The quantitative estimate of drug-likeness (QED) is 0.531. The summed E-state index contributed by atoms with van der Waals surface area (Å²) in [4.78, 5) is 0. The van der Waals surface area contributed by atoms with Crippen molar-refractivity contribution in [1.29, 1.82) is 0 Å². The molecule has 1 fully saturated rings. The van der Waals surface area contributed by atoms with Crippen molar-refractivity contribution >= 4 is 0 Å². The molecule has 0 spiro atoms. The van der Waals surface area contributed by atoms with E-state index in [0.29, 0.717) is 12.8 Å². The molecule has 1 N–H and O–H groups in total. The van der Waals surface area contributed by atoms with Gasteiger partial charge in [0.25, 0.3) is 0 Å². The number of hydrogen-bond acceptors (Lipinski definition) is 1. The lowest BCUT2D eigenvalue weighted by molar-refractivity contribution is -0.0268. The van der Waals surface area contributed by atoms with Crippen LogP contribution in [0.5, 0.6) is 0 Å². The van der Waals surface area contributed by atoms with E-state index in [2.05, 4.69) is 0 Å². The summed E-state index contributed by atoms with van der Waals surface area (Å²) in [6, 6.07) is 0. The molecule has 0 heterocycles. The van der Waals surface area contributed by atoms with Gasteiger partial charge in [0.1, 0.15) is 5.67 Å². The van der Waals surface area contributed by atoms with Crippen LogP contribution in [0.2, 0.25) is 0 Å². The van der Waals surface area contributed by atoms with Crippen LogP contribution < -0.4 is 0 Å². The van der Waals surface area contributed by atoms with Gasteiger partial charge >= 0.3 is 0 Å². The van der Waals surface area contributed by atoms with Crippen LogP contribution in [0.3, 0.4) is 0 Å². The predicted molar refractivity (Wildman–Crippen MR) is 34.0 cm³/mol. The fourth-order valence-electron chi connectivity index (χ4n) is 1.28. The molecule has 1 rings (SSSR count). The summed E-state index contributed by atoms with van der Waals surface area (Å²) in [6.07, 6.45) is 2.33. The van der Waals surface area contributed by atoms with Gasteiger partial charge in [0, 0.05) is 0 Å². The predicted octanol–water partition coefficient (Wildman–Crippen LogP) is 1.65. The Hall–Kier alpha value is -0.110. The second-order valence-electron chi connectivity index (χ2n) is 3.04. The summed E-state index contributed by atoms with van der Waals surface area (Å²) in [6.45, 7) is 1.48. The van der Waals surface area contributed by atoms with Crippen molar-refractivity contribution in [1.82, 2.24) is 0 Å². The zero-order valence-corrected chi connectivity index (χ0v) is 5.73. The molecule has 0 bridgehead atoms. The van der Waals surface area contributed by atoms with Gasteiger partial charge in [-0.1, -0.05) is 12.8 Å². The Bertz CT molecular complexity index is 101. The Kier molecular flexibility index (Phi) is 1.75. The molecule has 2 atom stereocenters. The molecule has 0 amide bonds. The molecule has 0 saturated heterocycles. The van der Waals surface area contributed by atoms with Gasteiger partial charge in [-0.15, -0.1) is 0 Å². The first-order valence-corrected chi connectivity index (χ1v) is 3.50. The highest BCUT2D eigenvalue weighted by atomic mass is 19.1. The molecule has 54 valence electrons. The van der Waals surface area contributed by atoms with E-state index in [4.69, 9.17) is 5.11 Å². The van der Waals surface area contributed by atoms with Gasteiger partial charge in [0.15, 0.2) is 0 Å². The lowest BCUT2D eigenvalue weighted by Gasteiger charge is -2.30. The molecule has 1 nitrogen and oxygen atoms in total. The number of rotatable bonds is 0. The number of aliphatic hydroxyl groups is 1. The third-order valence-corrected chi connectivity index (χ3v) is 2.09. The van der Waals surface area contributed by atoms with Crippen molar-refractivity contribution in [3.63, 3.8) is 0 Å². The fraction of sp³-hybridized carbons (Fsp3) is 1.00. The minimum atomic E-state index is -1.31. The van der Waals surface area contributed by atoms with Crippen LogP contribution in [0.4, 0.5) is 4.39 Å². The largest absolute Gasteiger partial charge is 0.390 e. The maximum absolute atomic E-state index is 13.0. The molecule has 9 heavy (non-hydrogen) atoms. The lowest BCUT2D eigenvalue weighted by Crippen LogP contribution is -2.37. The summed E-state index contributed by atoms with van der Waals surface area (Å²) in [5.74, 6) is 0. The SMILES string of the molecule is C[C@@]1(F)CCCCC1O. The maximum atomic E-state index is 13.0. The van der Waals surface area contributed by atoms with Crippen LogP contribution in [-0.4, -0.2) is 16.9 Å². The molecule has 0 aromatic heterocycles. The molecule has 1 saturated carbocycles. The first kappa shape index (κ1) is 7.00. The monoisotopic (exact) mass is 132 g/mol. The number of alkyl halides is 1. The average Bonchev–Trinajstić information content (AvgIpc) is 1.77. The molecule has 1 aliphatic rings. The van der Waals surface area contributed by atoms with Gasteiger partial charge in [-0.25, -0.2) is 4.39 Å². The van der Waals surface area contributed by atoms with Crippen molar-refractivity contribution in [2.24, 2.45) is 0 Å². The van der Waals surface area contributed by atoms with Crippen LogP contribution in [-0.2, 0) is 0 Å². The standard InChI is InChI=1S/C7H13FO/c1-7(8)5-3-2-4-6(7)9/h6,9H,2-5H2,1H3/t6?,7-/m1/s1. The highest BCUT2D eigenvalue weighted by Gasteiger charge is 2.34. The molecule has 0 aliphatic heterocycles. The van der Waals surface area contributed by atoms with E-state index in [1.807, 2.05) is 0 Å². The van der Waals surface area contributed by atoms with E-state index in [9.17, 15) is 4.39 Å². The van der Waals surface area contributed by atoms with E-state index in [0.717, 1.165) is 12.8 Å². The zero-order chi connectivity index (χ0) is 6.91. The number of aliphatic hydroxyl groups excluding tert-OH is 1. The Morgan fingerprint density at radius 3 is 2.56 bits per heavy atom. The van der Waals surface area contributed by atoms with Crippen LogP contribution in [0.25, 0.3) is 0 Å². The van der Waals surface area contributed by atoms with Gasteiger partial charge in [0.05, 0.1) is 6.10 Å². The minimum absolute atomic E-state index is 0.522. The molecular weight excluding hydrogens is 119 g/mol. The Balaban J connectivity index is 2.49. The van der Waals surface area contributed by atoms with Crippen LogP contribution in [0, 0.1) is 0 Å². The third-order valence-electron chi connectivity index (χ3n) is 2.09. The topological polar surface area (TPSA) is 20.2 Å². The summed E-state index contributed by atoms with van der Waals surface area (Å²) >= 11 is 0. The van der Waals surface area contributed by atoms with Gasteiger partial charge in [0.2, 0.25) is 0 Å². The second kappa shape index (κ2) is 2.25. The Labute approximate surface area is 54.9 Å². The fourth-order valence-corrected chi connectivity index (χ4v) is 1.28. The Morgan fingerprint density at radius 2 is 2.22 bits per heavy atom. The van der Waals surface area contributed by atoms with E-state index in [-0.39, 0.29) is 0 Å². The van der Waals surface area contributed by atoms with Crippen LogP contribution >= 0.6 is 0 Å². The second-order valence-corrected chi connectivity index (χ2v) is 3.04. The highest BCUT2D eigenvalue weighted by Crippen LogP contribution is 2.31. The van der Waals surface area contributed by atoms with Crippen molar-refractivity contribution in [3.8, 4) is 0 Å². The smallest absolute Gasteiger partial charge is 0.134 e.